The Balaban J connectivity index is 1.50. The van der Waals surface area contributed by atoms with Crippen LogP contribution in [-0.2, 0) is 19.4 Å². The van der Waals surface area contributed by atoms with Crippen molar-refractivity contribution in [1.82, 2.24) is 4.90 Å². The summed E-state index contributed by atoms with van der Waals surface area (Å²) < 4.78 is 22.9. The third kappa shape index (κ3) is 2.91. The fourth-order valence-electron chi connectivity index (χ4n) is 4.57. The maximum Gasteiger partial charge on any atom is 0.231 e. The van der Waals surface area contributed by atoms with E-state index in [0.29, 0.717) is 25.8 Å². The van der Waals surface area contributed by atoms with E-state index in [1.54, 1.807) is 7.11 Å². The van der Waals surface area contributed by atoms with Crippen LogP contribution in [0.1, 0.15) is 34.7 Å². The van der Waals surface area contributed by atoms with Crippen LogP contribution in [0.25, 0.3) is 0 Å². The zero-order valence-corrected chi connectivity index (χ0v) is 16.2. The number of methoxy groups -OCH3 is 1. The molecule has 5 rings (SSSR count). The number of fused-ring (bicyclic) bond motifs is 5. The summed E-state index contributed by atoms with van der Waals surface area (Å²) >= 11 is 0. The molecule has 3 aliphatic heterocycles. The molecule has 3 heterocycles. The summed E-state index contributed by atoms with van der Waals surface area (Å²) in [5.74, 6) is 3.43. The second-order valence-corrected chi connectivity index (χ2v) is 7.57. The summed E-state index contributed by atoms with van der Waals surface area (Å²) in [6.45, 7) is 2.82. The Morgan fingerprint density at radius 2 is 2.04 bits per heavy atom. The van der Waals surface area contributed by atoms with Gasteiger partial charge in [0.25, 0.3) is 0 Å². The van der Waals surface area contributed by atoms with Gasteiger partial charge in [-0.15, -0.1) is 0 Å². The number of ether oxygens (including phenoxy) is 4. The molecular formula is C22H24BNO4. The van der Waals surface area contributed by atoms with Gasteiger partial charge in [0.15, 0.2) is 23.0 Å². The zero-order valence-electron chi connectivity index (χ0n) is 16.2. The first kappa shape index (κ1) is 17.7. The van der Waals surface area contributed by atoms with Gasteiger partial charge in [-0.05, 0) is 54.2 Å². The second kappa shape index (κ2) is 7.24. The van der Waals surface area contributed by atoms with Gasteiger partial charge in [0.05, 0.1) is 21.6 Å². The molecule has 1 atom stereocenters. The molecule has 5 nitrogen and oxygen atoms in total. The number of benzene rings is 2. The Labute approximate surface area is 166 Å². The van der Waals surface area contributed by atoms with Gasteiger partial charge in [-0.25, -0.2) is 0 Å². The minimum atomic E-state index is 0.318. The van der Waals surface area contributed by atoms with Gasteiger partial charge in [0.1, 0.15) is 0 Å². The van der Waals surface area contributed by atoms with Gasteiger partial charge in [-0.2, -0.15) is 0 Å². The van der Waals surface area contributed by atoms with Crippen molar-refractivity contribution < 1.29 is 18.9 Å². The van der Waals surface area contributed by atoms with Crippen LogP contribution in [0, 0.1) is 0 Å². The molecule has 28 heavy (non-hydrogen) atoms. The summed E-state index contributed by atoms with van der Waals surface area (Å²) in [6, 6.07) is 8.91. The number of hydrogen-bond donors (Lipinski definition) is 0. The quantitative estimate of drug-likeness (QED) is 0.590. The predicted octanol–water partition coefficient (Wildman–Crippen LogP) is 3.44. The van der Waals surface area contributed by atoms with Crippen LogP contribution in [0.5, 0.6) is 23.0 Å². The fraction of sp³-hybridized carbons (Fsp3) is 0.455. The standard InChI is InChI=1S/C22H24BNO4/c1-25-19-4-3-14-9-18-16-11-21-20(27-13-28-21)10-15(16)5-7-24(18)12-17(14)22(19)26-8-2-6-23/h3-4,10-11,18H,2,5-9,12-13H2,1H3. The van der Waals surface area contributed by atoms with Crippen molar-refractivity contribution in [2.75, 3.05) is 27.1 Å². The molecule has 0 N–H and O–H groups in total. The van der Waals surface area contributed by atoms with Crippen molar-refractivity contribution in [3.8, 4) is 23.0 Å². The van der Waals surface area contributed by atoms with Crippen molar-refractivity contribution >= 4 is 7.85 Å². The van der Waals surface area contributed by atoms with Gasteiger partial charge in [-0.3, -0.25) is 4.90 Å². The van der Waals surface area contributed by atoms with Crippen LogP contribution in [0.3, 0.4) is 0 Å². The van der Waals surface area contributed by atoms with Gasteiger partial charge < -0.3 is 18.9 Å². The molecular weight excluding hydrogens is 353 g/mol. The lowest BCUT2D eigenvalue weighted by Crippen LogP contribution is -2.39. The van der Waals surface area contributed by atoms with Crippen LogP contribution in [0.15, 0.2) is 24.3 Å². The van der Waals surface area contributed by atoms with Crippen LogP contribution in [0.4, 0.5) is 0 Å². The van der Waals surface area contributed by atoms with Gasteiger partial charge in [-0.1, -0.05) is 12.4 Å². The van der Waals surface area contributed by atoms with Crippen molar-refractivity contribution in [3.05, 3.63) is 46.5 Å². The van der Waals surface area contributed by atoms with Crippen molar-refractivity contribution in [2.45, 2.75) is 38.2 Å². The molecule has 0 saturated carbocycles. The minimum absolute atomic E-state index is 0.318. The van der Waals surface area contributed by atoms with E-state index in [1.807, 2.05) is 6.07 Å². The maximum atomic E-state index is 6.11. The highest BCUT2D eigenvalue weighted by Crippen LogP contribution is 2.46. The van der Waals surface area contributed by atoms with Crippen LogP contribution >= 0.6 is 0 Å². The Morgan fingerprint density at radius 3 is 2.86 bits per heavy atom. The van der Waals surface area contributed by atoms with E-state index in [9.17, 15) is 0 Å². The lowest BCUT2D eigenvalue weighted by molar-refractivity contribution is 0.156. The minimum Gasteiger partial charge on any atom is -0.493 e. The van der Waals surface area contributed by atoms with Crippen molar-refractivity contribution in [3.63, 3.8) is 0 Å². The number of rotatable bonds is 5. The molecule has 2 aromatic carbocycles. The molecule has 0 spiro atoms. The van der Waals surface area contributed by atoms with E-state index in [2.05, 4.69) is 23.1 Å². The first-order valence-electron chi connectivity index (χ1n) is 9.96. The summed E-state index contributed by atoms with van der Waals surface area (Å²) in [6.07, 6.45) is 3.43. The Hall–Kier alpha value is -2.34. The highest BCUT2D eigenvalue weighted by molar-refractivity contribution is 6.08. The van der Waals surface area contributed by atoms with Crippen molar-refractivity contribution in [2.24, 2.45) is 0 Å². The third-order valence-electron chi connectivity index (χ3n) is 6.01. The molecule has 6 heteroatoms. The largest absolute Gasteiger partial charge is 0.493 e. The van der Waals surface area contributed by atoms with E-state index in [-0.39, 0.29) is 0 Å². The van der Waals surface area contributed by atoms with E-state index in [0.717, 1.165) is 55.4 Å². The SMILES string of the molecule is [B]CCCOc1c(OC)ccc2c1CN1CCc3cc4c(cc3C1C2)OCO4. The second-order valence-electron chi connectivity index (χ2n) is 7.57. The highest BCUT2D eigenvalue weighted by Gasteiger charge is 2.35. The molecule has 0 fully saturated rings. The molecule has 144 valence electrons. The summed E-state index contributed by atoms with van der Waals surface area (Å²) in [4.78, 5) is 2.54. The lowest BCUT2D eigenvalue weighted by Gasteiger charge is -2.42. The average Bonchev–Trinajstić information content (AvgIpc) is 3.18. The Morgan fingerprint density at radius 1 is 1.18 bits per heavy atom. The first-order chi connectivity index (χ1) is 13.8. The number of hydrogen-bond acceptors (Lipinski definition) is 5. The molecule has 2 radical (unpaired) electrons. The molecule has 1 unspecified atom stereocenters. The van der Waals surface area contributed by atoms with Crippen molar-refractivity contribution in [1.29, 1.82) is 0 Å². The maximum absolute atomic E-state index is 6.11. The van der Waals surface area contributed by atoms with Gasteiger partial charge >= 0.3 is 0 Å². The summed E-state index contributed by atoms with van der Waals surface area (Å²) in [7, 11) is 7.33. The summed E-state index contributed by atoms with van der Waals surface area (Å²) in [5.41, 5.74) is 5.32. The molecule has 0 amide bonds. The lowest BCUT2D eigenvalue weighted by atomic mass is 9.83. The smallest absolute Gasteiger partial charge is 0.231 e. The molecule has 0 aromatic heterocycles. The van der Waals surface area contributed by atoms with Crippen LogP contribution in [0.2, 0.25) is 6.32 Å². The van der Waals surface area contributed by atoms with E-state index in [1.165, 1.54) is 22.3 Å². The Bertz CT molecular complexity index is 901. The first-order valence-corrected chi connectivity index (χ1v) is 9.96. The summed E-state index contributed by atoms with van der Waals surface area (Å²) in [5, 5.41) is 0. The van der Waals surface area contributed by atoms with Gasteiger partial charge in [0.2, 0.25) is 6.79 Å². The van der Waals surface area contributed by atoms with E-state index in [4.69, 9.17) is 26.8 Å². The molecule has 3 aliphatic rings. The predicted molar refractivity (Wildman–Crippen MR) is 107 cm³/mol. The zero-order chi connectivity index (χ0) is 19.1. The van der Waals surface area contributed by atoms with E-state index >= 15 is 0 Å². The average molecular weight is 377 g/mol. The topological polar surface area (TPSA) is 40.2 Å². The highest BCUT2D eigenvalue weighted by atomic mass is 16.7. The van der Waals surface area contributed by atoms with Gasteiger partial charge in [0, 0.05) is 24.7 Å². The molecule has 0 bridgehead atoms. The molecule has 0 saturated heterocycles. The number of nitrogens with zero attached hydrogens (tertiary/aromatic N) is 1. The Kier molecular flexibility index (Phi) is 4.59. The molecule has 2 aromatic rings. The fourth-order valence-corrected chi connectivity index (χ4v) is 4.57. The monoisotopic (exact) mass is 377 g/mol. The van der Waals surface area contributed by atoms with E-state index < -0.39 is 0 Å². The normalized spacial score (nSPS) is 19.5. The van der Waals surface area contributed by atoms with Crippen LogP contribution < -0.4 is 18.9 Å². The van der Waals surface area contributed by atoms with Crippen LogP contribution in [-0.4, -0.2) is 39.8 Å². The molecule has 0 aliphatic carbocycles. The third-order valence-corrected chi connectivity index (χ3v) is 6.01.